The molecule has 2 aliphatic rings. The normalized spacial score (nSPS) is 16.6. The molecule has 0 unspecified atom stereocenters. The van der Waals surface area contributed by atoms with Gasteiger partial charge in [0.2, 0.25) is 5.91 Å². The Morgan fingerprint density at radius 1 is 0.909 bits per heavy atom. The molecule has 2 heterocycles. The minimum atomic E-state index is -1.09. The van der Waals surface area contributed by atoms with Crippen LogP contribution in [-0.2, 0) is 4.79 Å². The summed E-state index contributed by atoms with van der Waals surface area (Å²) < 4.78 is 0. The predicted molar refractivity (Wildman–Crippen MR) is 127 cm³/mol. The number of nitrogens with zero attached hydrogens (tertiary/aromatic N) is 3. The second kappa shape index (κ2) is 10.0. The molecule has 0 bridgehead atoms. The molecule has 0 saturated carbocycles. The number of aryl methyl sites for hydroxylation is 1. The minimum Gasteiger partial charge on any atom is -0.478 e. The van der Waals surface area contributed by atoms with E-state index < -0.39 is 5.97 Å². The maximum absolute atomic E-state index is 12.6. The lowest BCUT2D eigenvalue weighted by molar-refractivity contribution is -0.131. The number of hydrogen-bond donors (Lipinski definition) is 2. The van der Waals surface area contributed by atoms with E-state index in [1.165, 1.54) is 0 Å². The van der Waals surface area contributed by atoms with Crippen LogP contribution in [0, 0.1) is 6.92 Å². The van der Waals surface area contributed by atoms with Gasteiger partial charge in [0.15, 0.2) is 0 Å². The summed E-state index contributed by atoms with van der Waals surface area (Å²) in [6.45, 7) is 7.02. The molecule has 8 heteroatoms. The highest BCUT2D eigenvalue weighted by Gasteiger charge is 2.24. The third-order valence-corrected chi connectivity index (χ3v) is 6.35. The molecular weight excluding hydrogens is 420 g/mol. The van der Waals surface area contributed by atoms with Gasteiger partial charge in [-0.25, -0.2) is 4.79 Å². The average Bonchev–Trinajstić information content (AvgIpc) is 3.35. The Kier molecular flexibility index (Phi) is 6.93. The Bertz CT molecular complexity index is 1020. The summed E-state index contributed by atoms with van der Waals surface area (Å²) in [6, 6.07) is 12.2. The van der Waals surface area contributed by atoms with E-state index >= 15 is 0 Å². The smallest absolute Gasteiger partial charge is 0.337 e. The number of hydrogen-bond acceptors (Lipinski definition) is 5. The van der Waals surface area contributed by atoms with E-state index in [-0.39, 0.29) is 23.1 Å². The van der Waals surface area contributed by atoms with E-state index in [1.807, 2.05) is 30.0 Å². The molecule has 2 amide bonds. The van der Waals surface area contributed by atoms with Crippen molar-refractivity contribution in [3.63, 3.8) is 0 Å². The van der Waals surface area contributed by atoms with E-state index in [9.17, 15) is 19.5 Å². The zero-order valence-corrected chi connectivity index (χ0v) is 18.9. The molecule has 0 radical (unpaired) electrons. The van der Waals surface area contributed by atoms with Crippen molar-refractivity contribution >= 4 is 29.2 Å². The van der Waals surface area contributed by atoms with E-state index in [1.54, 1.807) is 24.3 Å². The van der Waals surface area contributed by atoms with Gasteiger partial charge in [-0.1, -0.05) is 17.7 Å². The number of nitrogens with one attached hydrogen (secondary N) is 1. The van der Waals surface area contributed by atoms with Gasteiger partial charge in [0, 0.05) is 50.5 Å². The first-order chi connectivity index (χ1) is 15.9. The molecular formula is C25H30N4O4. The van der Waals surface area contributed by atoms with Crippen LogP contribution >= 0.6 is 0 Å². The van der Waals surface area contributed by atoms with Gasteiger partial charge in [0.05, 0.1) is 17.8 Å². The summed E-state index contributed by atoms with van der Waals surface area (Å²) in [5.74, 6) is -1.24. The van der Waals surface area contributed by atoms with Crippen molar-refractivity contribution in [2.45, 2.75) is 19.8 Å². The fourth-order valence-electron chi connectivity index (χ4n) is 4.34. The lowest BCUT2D eigenvalue weighted by Crippen LogP contribution is -2.49. The Labute approximate surface area is 193 Å². The summed E-state index contributed by atoms with van der Waals surface area (Å²) in [7, 11) is 0. The summed E-state index contributed by atoms with van der Waals surface area (Å²) in [5, 5.41) is 12.5. The van der Waals surface area contributed by atoms with Crippen LogP contribution in [0.4, 0.5) is 11.4 Å². The van der Waals surface area contributed by atoms with Gasteiger partial charge in [-0.15, -0.1) is 0 Å². The van der Waals surface area contributed by atoms with Gasteiger partial charge in [0.1, 0.15) is 0 Å². The molecule has 2 fully saturated rings. The highest BCUT2D eigenvalue weighted by Crippen LogP contribution is 2.25. The van der Waals surface area contributed by atoms with Crippen LogP contribution in [0.3, 0.4) is 0 Å². The van der Waals surface area contributed by atoms with Crippen LogP contribution in [0.15, 0.2) is 42.5 Å². The topological polar surface area (TPSA) is 93.2 Å². The number of rotatable bonds is 6. The van der Waals surface area contributed by atoms with Crippen molar-refractivity contribution in [2.75, 3.05) is 56.0 Å². The van der Waals surface area contributed by atoms with Crippen LogP contribution in [0.5, 0.6) is 0 Å². The number of carbonyl (C=O) groups excluding carboxylic acids is 2. The van der Waals surface area contributed by atoms with Crippen LogP contribution in [0.1, 0.15) is 39.1 Å². The quantitative estimate of drug-likeness (QED) is 0.703. The van der Waals surface area contributed by atoms with Gasteiger partial charge in [-0.05, 0) is 50.1 Å². The minimum absolute atomic E-state index is 0.0552. The van der Waals surface area contributed by atoms with Gasteiger partial charge in [-0.3, -0.25) is 14.5 Å². The Hall–Kier alpha value is -3.39. The molecule has 174 valence electrons. The highest BCUT2D eigenvalue weighted by molar-refractivity contribution is 6.08. The summed E-state index contributed by atoms with van der Waals surface area (Å²) in [4.78, 5) is 43.1. The summed E-state index contributed by atoms with van der Waals surface area (Å²) >= 11 is 0. The number of carboxylic acids is 1. The third-order valence-electron chi connectivity index (χ3n) is 6.35. The molecule has 33 heavy (non-hydrogen) atoms. The number of benzene rings is 2. The number of likely N-dealkylation sites (tertiary alicyclic amines) is 1. The highest BCUT2D eigenvalue weighted by atomic mass is 16.4. The number of aromatic carboxylic acids is 1. The van der Waals surface area contributed by atoms with Gasteiger partial charge < -0.3 is 20.2 Å². The lowest BCUT2D eigenvalue weighted by Gasteiger charge is -2.36. The fourth-order valence-corrected chi connectivity index (χ4v) is 4.34. The molecule has 2 aromatic rings. The first-order valence-electron chi connectivity index (χ1n) is 11.4. The zero-order valence-electron chi connectivity index (χ0n) is 18.9. The molecule has 0 spiro atoms. The predicted octanol–water partition coefficient (Wildman–Crippen LogP) is 2.69. The van der Waals surface area contributed by atoms with E-state index in [0.29, 0.717) is 25.2 Å². The Balaban J connectivity index is 1.39. The molecule has 0 atom stereocenters. The van der Waals surface area contributed by atoms with Crippen LogP contribution < -0.4 is 10.2 Å². The van der Waals surface area contributed by atoms with Crippen LogP contribution in [0.2, 0.25) is 0 Å². The lowest BCUT2D eigenvalue weighted by atomic mass is 10.1. The molecule has 2 saturated heterocycles. The fraction of sp³-hybridized carbons (Fsp3) is 0.400. The van der Waals surface area contributed by atoms with Crippen molar-refractivity contribution in [2.24, 2.45) is 0 Å². The molecule has 2 N–H and O–H groups in total. The summed E-state index contributed by atoms with van der Waals surface area (Å²) in [5.41, 5.74) is 2.64. The maximum atomic E-state index is 12.6. The largest absolute Gasteiger partial charge is 0.478 e. The van der Waals surface area contributed by atoms with E-state index in [0.717, 1.165) is 50.3 Å². The van der Waals surface area contributed by atoms with Crippen LogP contribution in [0.25, 0.3) is 0 Å². The SMILES string of the molecule is Cc1ccc(C(=O)Nc2ccc(N3CCN(CC(=O)N4CCCC4)CC3)cc2C(=O)O)cc1. The van der Waals surface area contributed by atoms with Gasteiger partial charge in [0.25, 0.3) is 5.91 Å². The zero-order chi connectivity index (χ0) is 23.4. The molecule has 0 aliphatic carbocycles. The number of piperazine rings is 1. The molecule has 0 aromatic heterocycles. The molecule has 2 aromatic carbocycles. The summed E-state index contributed by atoms with van der Waals surface area (Å²) in [6.07, 6.45) is 2.18. The van der Waals surface area contributed by atoms with Crippen LogP contribution in [-0.4, -0.2) is 78.5 Å². The maximum Gasteiger partial charge on any atom is 0.337 e. The Morgan fingerprint density at radius 3 is 2.21 bits per heavy atom. The Morgan fingerprint density at radius 2 is 1.58 bits per heavy atom. The average molecular weight is 451 g/mol. The molecule has 2 aliphatic heterocycles. The third kappa shape index (κ3) is 5.51. The first-order valence-corrected chi connectivity index (χ1v) is 11.4. The molecule has 8 nitrogen and oxygen atoms in total. The van der Waals surface area contributed by atoms with Crippen molar-refractivity contribution in [1.82, 2.24) is 9.80 Å². The number of anilines is 2. The van der Waals surface area contributed by atoms with Crippen molar-refractivity contribution in [3.05, 3.63) is 59.2 Å². The van der Waals surface area contributed by atoms with Crippen molar-refractivity contribution < 1.29 is 19.5 Å². The first kappa shape index (κ1) is 22.8. The van der Waals surface area contributed by atoms with Crippen molar-refractivity contribution in [3.8, 4) is 0 Å². The van der Waals surface area contributed by atoms with E-state index in [4.69, 9.17) is 0 Å². The monoisotopic (exact) mass is 450 g/mol. The standard InChI is InChI=1S/C25H30N4O4/c1-18-4-6-19(7-5-18)24(31)26-22-9-8-20(16-21(22)25(32)33)28-14-12-27(13-15-28)17-23(30)29-10-2-3-11-29/h4-9,16H,2-3,10-15,17H2,1H3,(H,26,31)(H,32,33). The number of amides is 2. The number of carboxylic acid groups (broad SMARTS) is 1. The van der Waals surface area contributed by atoms with E-state index in [2.05, 4.69) is 15.1 Å². The second-order valence-corrected chi connectivity index (χ2v) is 8.71. The second-order valence-electron chi connectivity index (χ2n) is 8.71. The molecule has 4 rings (SSSR count). The van der Waals surface area contributed by atoms with Gasteiger partial charge >= 0.3 is 5.97 Å². The number of carbonyl (C=O) groups is 3. The van der Waals surface area contributed by atoms with Crippen molar-refractivity contribution in [1.29, 1.82) is 0 Å². The van der Waals surface area contributed by atoms with Gasteiger partial charge in [-0.2, -0.15) is 0 Å².